The van der Waals surface area contributed by atoms with Gasteiger partial charge in [-0.2, -0.15) is 0 Å². The number of hydrogen-bond donors (Lipinski definition) is 1. The molecule has 0 bridgehead atoms. The molecule has 196 valence electrons. The lowest BCUT2D eigenvalue weighted by molar-refractivity contribution is 0.0220. The number of nitrogens with zero attached hydrogens (tertiary/aromatic N) is 1. The average Bonchev–Trinajstić information content (AvgIpc) is 3.22. The Bertz CT molecular complexity index is 1100. The molecule has 1 aromatic heterocycles. The van der Waals surface area contributed by atoms with Crippen LogP contribution in [-0.4, -0.2) is 30.4 Å². The van der Waals surface area contributed by atoms with Crippen LogP contribution < -0.4 is 5.32 Å². The van der Waals surface area contributed by atoms with Crippen molar-refractivity contribution < 1.29 is 4.74 Å². The van der Waals surface area contributed by atoms with Gasteiger partial charge in [0.15, 0.2) is 0 Å². The zero-order chi connectivity index (χ0) is 24.0. The second-order valence-electron chi connectivity index (χ2n) is 10.9. The predicted molar refractivity (Wildman–Crippen MR) is 158 cm³/mol. The van der Waals surface area contributed by atoms with Gasteiger partial charge in [0.1, 0.15) is 0 Å². The highest BCUT2D eigenvalue weighted by molar-refractivity contribution is 9.10. The van der Waals surface area contributed by atoms with Gasteiger partial charge in [-0.3, -0.25) is 0 Å². The predicted octanol–water partition coefficient (Wildman–Crippen LogP) is 8.40. The summed E-state index contributed by atoms with van der Waals surface area (Å²) in [6.45, 7) is 6.23. The first-order valence-corrected chi connectivity index (χ1v) is 14.6. The van der Waals surface area contributed by atoms with Crippen molar-refractivity contribution >= 4 is 39.2 Å². The fourth-order valence-corrected chi connectivity index (χ4v) is 6.65. The van der Waals surface area contributed by atoms with Crippen molar-refractivity contribution in [3.8, 4) is 0 Å². The monoisotopic (exact) mass is 572 g/mol. The largest absolute Gasteiger partial charge is 0.376 e. The topological polar surface area (TPSA) is 26.2 Å². The molecule has 1 N–H and O–H groups in total. The Morgan fingerprint density at radius 3 is 2.72 bits per heavy atom. The van der Waals surface area contributed by atoms with Crippen LogP contribution in [0.5, 0.6) is 0 Å². The number of aromatic nitrogens is 1. The Hall–Kier alpha value is -1.33. The Morgan fingerprint density at radius 1 is 1.08 bits per heavy atom. The van der Waals surface area contributed by atoms with E-state index in [1.165, 1.54) is 83.4 Å². The van der Waals surface area contributed by atoms with E-state index in [0.717, 1.165) is 38.6 Å². The van der Waals surface area contributed by atoms with Crippen molar-refractivity contribution in [3.05, 3.63) is 69.8 Å². The maximum atomic E-state index is 5.95. The molecule has 2 aliphatic rings. The zero-order valence-corrected chi connectivity index (χ0v) is 24.1. The molecule has 1 aliphatic carbocycles. The molecule has 2 heterocycles. The maximum absolute atomic E-state index is 5.95. The van der Waals surface area contributed by atoms with E-state index in [0.29, 0.717) is 12.0 Å². The molecule has 0 radical (unpaired) electrons. The van der Waals surface area contributed by atoms with E-state index in [2.05, 4.69) is 81.4 Å². The van der Waals surface area contributed by atoms with Gasteiger partial charge in [-0.1, -0.05) is 77.9 Å². The summed E-state index contributed by atoms with van der Waals surface area (Å²) in [4.78, 5) is 0. The van der Waals surface area contributed by atoms with E-state index in [9.17, 15) is 0 Å². The summed E-state index contributed by atoms with van der Waals surface area (Å²) in [6.07, 6.45) is 14.6. The molecule has 36 heavy (non-hydrogen) atoms. The highest BCUT2D eigenvalue weighted by Crippen LogP contribution is 2.38. The highest BCUT2D eigenvalue weighted by atomic mass is 79.9. The fourth-order valence-electron chi connectivity index (χ4n) is 6.29. The van der Waals surface area contributed by atoms with Gasteiger partial charge in [-0.15, -0.1) is 12.4 Å². The van der Waals surface area contributed by atoms with E-state index in [1.54, 1.807) is 0 Å². The number of ether oxygens (including phenoxy) is 1. The Kier molecular flexibility index (Phi) is 10.4. The van der Waals surface area contributed by atoms with Crippen molar-refractivity contribution in [2.24, 2.45) is 5.92 Å². The van der Waals surface area contributed by atoms with E-state index < -0.39 is 0 Å². The molecule has 3 aromatic rings. The second kappa shape index (κ2) is 13.5. The highest BCUT2D eigenvalue weighted by Gasteiger charge is 2.23. The van der Waals surface area contributed by atoms with Crippen LogP contribution in [0.3, 0.4) is 0 Å². The molecule has 5 rings (SSSR count). The average molecular weight is 574 g/mol. The number of hydrogen-bond acceptors (Lipinski definition) is 2. The van der Waals surface area contributed by atoms with Crippen LogP contribution in [0.15, 0.2) is 53.1 Å². The molecule has 2 unspecified atom stereocenters. The van der Waals surface area contributed by atoms with Crippen molar-refractivity contribution in [1.82, 2.24) is 9.88 Å². The van der Waals surface area contributed by atoms with Crippen LogP contribution in [0.25, 0.3) is 10.9 Å². The summed E-state index contributed by atoms with van der Waals surface area (Å²) in [5.41, 5.74) is 5.70. The summed E-state index contributed by atoms with van der Waals surface area (Å²) in [5.74, 6) is 1.24. The second-order valence-corrected chi connectivity index (χ2v) is 11.8. The Morgan fingerprint density at radius 2 is 1.94 bits per heavy atom. The molecule has 0 spiro atoms. The molecular formula is C31H42BrClN2O. The van der Waals surface area contributed by atoms with Crippen molar-refractivity contribution in [1.29, 1.82) is 0 Å². The first-order valence-electron chi connectivity index (χ1n) is 13.8. The molecule has 1 saturated carbocycles. The lowest BCUT2D eigenvalue weighted by atomic mass is 9.86. The number of aryl methyl sites for hydroxylation is 1. The van der Waals surface area contributed by atoms with Gasteiger partial charge in [-0.05, 0) is 67.9 Å². The van der Waals surface area contributed by atoms with Crippen LogP contribution in [-0.2, 0) is 11.3 Å². The van der Waals surface area contributed by atoms with Gasteiger partial charge in [0.25, 0.3) is 0 Å². The molecule has 5 heteroatoms. The number of halogens is 2. The smallest absolute Gasteiger partial charge is 0.0700 e. The summed E-state index contributed by atoms with van der Waals surface area (Å²) in [7, 11) is 0. The van der Waals surface area contributed by atoms with Gasteiger partial charge in [0.05, 0.1) is 12.7 Å². The van der Waals surface area contributed by atoms with Gasteiger partial charge in [-0.25, -0.2) is 0 Å². The van der Waals surface area contributed by atoms with E-state index in [4.69, 9.17) is 4.74 Å². The third-order valence-corrected chi connectivity index (χ3v) is 8.64. The third kappa shape index (κ3) is 6.95. The lowest BCUT2D eigenvalue weighted by Gasteiger charge is -2.24. The molecule has 2 atom stereocenters. The fraction of sp³-hybridized carbons (Fsp3) is 0.548. The standard InChI is InChI=1S/C31H41BrN2O.ClH/c1-23-8-7-11-25(18-23)28(13-6-5-12-27-20-33-16-17-35-27)30-22-34(21-24-9-3-2-4-10-24)31-15-14-26(32)19-29(30)31;/h7-8,11,14-15,18-19,22,24,27-28,33H,2-6,9-10,12-13,16-17,20-21H2,1H3;1H. The number of fused-ring (bicyclic) bond motifs is 1. The minimum Gasteiger partial charge on any atom is -0.376 e. The molecule has 3 nitrogen and oxygen atoms in total. The first-order chi connectivity index (χ1) is 17.2. The van der Waals surface area contributed by atoms with Gasteiger partial charge < -0.3 is 14.6 Å². The summed E-state index contributed by atoms with van der Waals surface area (Å²) >= 11 is 3.77. The zero-order valence-electron chi connectivity index (χ0n) is 21.7. The third-order valence-electron chi connectivity index (χ3n) is 8.15. The summed E-state index contributed by atoms with van der Waals surface area (Å²) < 4.78 is 9.70. The van der Waals surface area contributed by atoms with Gasteiger partial charge >= 0.3 is 0 Å². The van der Waals surface area contributed by atoms with Gasteiger partial charge in [0, 0.05) is 47.1 Å². The molecule has 0 amide bonds. The molecule has 1 saturated heterocycles. The first kappa shape index (κ1) is 27.7. The van der Waals surface area contributed by atoms with Crippen molar-refractivity contribution in [2.45, 2.75) is 83.3 Å². The van der Waals surface area contributed by atoms with Gasteiger partial charge in [0.2, 0.25) is 0 Å². The lowest BCUT2D eigenvalue weighted by Crippen LogP contribution is -2.38. The Balaban J connectivity index is 0.00000304. The number of nitrogens with one attached hydrogen (secondary N) is 1. The number of morpholine rings is 1. The van der Waals surface area contributed by atoms with Crippen LogP contribution >= 0.6 is 28.3 Å². The minimum absolute atomic E-state index is 0. The van der Waals surface area contributed by atoms with E-state index in [-0.39, 0.29) is 12.4 Å². The molecule has 2 aromatic carbocycles. The number of unbranched alkanes of at least 4 members (excludes halogenated alkanes) is 1. The van der Waals surface area contributed by atoms with E-state index in [1.807, 2.05) is 0 Å². The summed E-state index contributed by atoms with van der Waals surface area (Å²) in [6, 6.07) is 16.1. The summed E-state index contributed by atoms with van der Waals surface area (Å²) in [5, 5.41) is 4.89. The minimum atomic E-state index is 0. The molecule has 1 aliphatic heterocycles. The maximum Gasteiger partial charge on any atom is 0.0700 e. The van der Waals surface area contributed by atoms with Crippen LogP contribution in [0.1, 0.15) is 80.4 Å². The van der Waals surface area contributed by atoms with Crippen LogP contribution in [0, 0.1) is 12.8 Å². The normalized spacial score (nSPS) is 19.8. The van der Waals surface area contributed by atoms with E-state index >= 15 is 0 Å². The van der Waals surface area contributed by atoms with Crippen molar-refractivity contribution in [3.63, 3.8) is 0 Å². The SMILES string of the molecule is Cc1cccc(C(CCCCC2CNCCO2)c2cn(CC3CCCCC3)c3ccc(Br)cc23)c1.Cl. The number of rotatable bonds is 9. The van der Waals surface area contributed by atoms with Crippen LogP contribution in [0.2, 0.25) is 0 Å². The molecule has 2 fully saturated rings. The van der Waals surface area contributed by atoms with Crippen molar-refractivity contribution in [2.75, 3.05) is 19.7 Å². The quantitative estimate of drug-likeness (QED) is 0.260. The number of benzene rings is 2. The van der Waals surface area contributed by atoms with Crippen LogP contribution in [0.4, 0.5) is 0 Å². The molecular weight excluding hydrogens is 532 g/mol. The Labute approximate surface area is 231 Å².